The number of hydrogen-bond donors (Lipinski definition) is 2. The van der Waals surface area contributed by atoms with Crippen molar-refractivity contribution < 1.29 is 13.2 Å². The number of nitrogens with one attached hydrogen (secondary N) is 2. The molecule has 0 unspecified atom stereocenters. The van der Waals surface area contributed by atoms with Gasteiger partial charge in [0, 0.05) is 18.7 Å². The first-order chi connectivity index (χ1) is 10.5. The maximum absolute atomic E-state index is 12.8. The van der Waals surface area contributed by atoms with E-state index in [0.29, 0.717) is 25.2 Å². The number of carbonyl (C=O) groups is 1. The molecule has 2 N–H and O–H groups in total. The molecular weight excluding hydrogens is 304 g/mol. The Hall–Kier alpha value is -2.19. The van der Waals surface area contributed by atoms with Crippen molar-refractivity contribution in [2.45, 2.75) is 24.3 Å². The number of aromatic amines is 1. The van der Waals surface area contributed by atoms with Crippen molar-refractivity contribution in [3.63, 3.8) is 0 Å². The Morgan fingerprint density at radius 1 is 1.27 bits per heavy atom. The van der Waals surface area contributed by atoms with Gasteiger partial charge in [0.1, 0.15) is 0 Å². The van der Waals surface area contributed by atoms with Crippen LogP contribution in [0.5, 0.6) is 0 Å². The third-order valence-electron chi connectivity index (χ3n) is 4.08. The molecule has 0 saturated carbocycles. The first-order valence-electron chi connectivity index (χ1n) is 6.98. The van der Waals surface area contributed by atoms with E-state index < -0.39 is 10.0 Å². The highest BCUT2D eigenvalue weighted by molar-refractivity contribution is 7.89. The van der Waals surface area contributed by atoms with Crippen LogP contribution < -0.4 is 5.32 Å². The fourth-order valence-corrected chi connectivity index (χ4v) is 4.37. The monoisotopic (exact) mass is 318 g/mol. The predicted molar refractivity (Wildman–Crippen MR) is 78.7 cm³/mol. The number of carbonyl (C=O) groups excluding carboxylic acids is 1. The molecule has 22 heavy (non-hydrogen) atoms. The van der Waals surface area contributed by atoms with Gasteiger partial charge >= 0.3 is 0 Å². The minimum atomic E-state index is -3.58. The molecule has 2 aliphatic rings. The zero-order chi connectivity index (χ0) is 15.3. The number of nitrogens with zero attached hydrogens (tertiary/aromatic N) is 2. The number of benzene rings is 1. The summed E-state index contributed by atoms with van der Waals surface area (Å²) < 4.78 is 27.0. The molecule has 0 radical (unpaired) electrons. The number of aromatic nitrogens is 2. The molecule has 114 valence electrons. The lowest BCUT2D eigenvalue weighted by Crippen LogP contribution is -2.36. The SMILES string of the molecule is O=C1Cc2cc(S(=O)(=O)N3CCc4nc[nH]c4C3)ccc2N1. The van der Waals surface area contributed by atoms with Gasteiger partial charge in [-0.2, -0.15) is 4.31 Å². The lowest BCUT2D eigenvalue weighted by atomic mass is 10.2. The van der Waals surface area contributed by atoms with Crippen molar-refractivity contribution in [2.24, 2.45) is 0 Å². The lowest BCUT2D eigenvalue weighted by Gasteiger charge is -2.25. The standard InChI is InChI=1S/C14H14N4O3S/c19-14-6-9-5-10(1-2-11(9)17-14)22(20,21)18-4-3-12-13(7-18)16-8-15-12/h1-2,5,8H,3-4,6-7H2,(H,15,16)(H,17,19). The summed E-state index contributed by atoms with van der Waals surface area (Å²) in [6.45, 7) is 0.709. The molecule has 0 spiro atoms. The van der Waals surface area contributed by atoms with Gasteiger partial charge in [0.25, 0.3) is 0 Å². The number of rotatable bonds is 2. The van der Waals surface area contributed by atoms with Gasteiger partial charge in [-0.15, -0.1) is 0 Å². The molecule has 2 aromatic rings. The largest absolute Gasteiger partial charge is 0.347 e. The van der Waals surface area contributed by atoms with Crippen LogP contribution in [0.15, 0.2) is 29.4 Å². The predicted octanol–water partition coefficient (Wildman–Crippen LogP) is 0.651. The Labute approximate surface area is 127 Å². The number of H-pyrrole nitrogens is 1. The molecule has 3 heterocycles. The summed E-state index contributed by atoms with van der Waals surface area (Å²) in [6.07, 6.45) is 2.42. The fraction of sp³-hybridized carbons (Fsp3) is 0.286. The number of fused-ring (bicyclic) bond motifs is 2. The highest BCUT2D eigenvalue weighted by atomic mass is 32.2. The van der Waals surface area contributed by atoms with E-state index in [1.54, 1.807) is 24.5 Å². The second-order valence-corrected chi connectivity index (χ2v) is 7.40. The van der Waals surface area contributed by atoms with E-state index in [2.05, 4.69) is 15.3 Å². The number of amides is 1. The minimum absolute atomic E-state index is 0.107. The molecule has 1 amide bonds. The van der Waals surface area contributed by atoms with Gasteiger partial charge < -0.3 is 10.3 Å². The van der Waals surface area contributed by atoms with Crippen LogP contribution in [0.25, 0.3) is 0 Å². The van der Waals surface area contributed by atoms with Gasteiger partial charge in [0.2, 0.25) is 15.9 Å². The third kappa shape index (κ3) is 2.03. The van der Waals surface area contributed by atoms with Crippen molar-refractivity contribution in [2.75, 3.05) is 11.9 Å². The Balaban J connectivity index is 1.67. The van der Waals surface area contributed by atoms with Crippen molar-refractivity contribution in [1.82, 2.24) is 14.3 Å². The highest BCUT2D eigenvalue weighted by Gasteiger charge is 2.30. The van der Waals surface area contributed by atoms with Gasteiger partial charge in [0.05, 0.1) is 35.6 Å². The quantitative estimate of drug-likeness (QED) is 0.850. The number of anilines is 1. The van der Waals surface area contributed by atoms with Gasteiger partial charge in [-0.25, -0.2) is 13.4 Å². The van der Waals surface area contributed by atoms with Crippen molar-refractivity contribution >= 4 is 21.6 Å². The van der Waals surface area contributed by atoms with Crippen LogP contribution in [-0.4, -0.2) is 35.1 Å². The van der Waals surface area contributed by atoms with Crippen LogP contribution in [0.2, 0.25) is 0 Å². The summed E-state index contributed by atoms with van der Waals surface area (Å²) in [5, 5.41) is 2.70. The Bertz CT molecular complexity index is 872. The summed E-state index contributed by atoms with van der Waals surface area (Å²) >= 11 is 0. The molecular formula is C14H14N4O3S. The molecule has 0 fully saturated rings. The molecule has 0 atom stereocenters. The zero-order valence-corrected chi connectivity index (χ0v) is 12.5. The fourth-order valence-electron chi connectivity index (χ4n) is 2.91. The van der Waals surface area contributed by atoms with E-state index in [1.165, 1.54) is 4.31 Å². The summed E-state index contributed by atoms with van der Waals surface area (Å²) in [5.74, 6) is -0.107. The molecule has 0 bridgehead atoms. The highest BCUT2D eigenvalue weighted by Crippen LogP contribution is 2.29. The second kappa shape index (κ2) is 4.65. The first-order valence-corrected chi connectivity index (χ1v) is 8.42. The smallest absolute Gasteiger partial charge is 0.243 e. The molecule has 1 aromatic heterocycles. The van der Waals surface area contributed by atoms with E-state index in [1.807, 2.05) is 0 Å². The van der Waals surface area contributed by atoms with Gasteiger partial charge in [-0.3, -0.25) is 4.79 Å². The van der Waals surface area contributed by atoms with Gasteiger partial charge in [0.15, 0.2) is 0 Å². The Morgan fingerprint density at radius 2 is 2.14 bits per heavy atom. The van der Waals surface area contributed by atoms with Crippen LogP contribution in [0.1, 0.15) is 17.0 Å². The van der Waals surface area contributed by atoms with E-state index in [0.717, 1.165) is 17.0 Å². The molecule has 8 heteroatoms. The van der Waals surface area contributed by atoms with Crippen LogP contribution in [0, 0.1) is 0 Å². The van der Waals surface area contributed by atoms with E-state index >= 15 is 0 Å². The summed E-state index contributed by atoms with van der Waals surface area (Å²) in [6, 6.07) is 4.78. The third-order valence-corrected chi connectivity index (χ3v) is 5.92. The van der Waals surface area contributed by atoms with E-state index in [-0.39, 0.29) is 17.2 Å². The Kier molecular flexibility index (Phi) is 2.85. The number of imidazole rings is 1. The summed E-state index contributed by atoms with van der Waals surface area (Å²) in [5.41, 5.74) is 3.19. The van der Waals surface area contributed by atoms with Crippen molar-refractivity contribution in [1.29, 1.82) is 0 Å². The maximum atomic E-state index is 12.8. The average molecular weight is 318 g/mol. The molecule has 0 aliphatic carbocycles. The average Bonchev–Trinajstić information content (AvgIpc) is 3.09. The number of hydrogen-bond acceptors (Lipinski definition) is 4. The van der Waals surface area contributed by atoms with Crippen LogP contribution in [0.4, 0.5) is 5.69 Å². The Morgan fingerprint density at radius 3 is 3.00 bits per heavy atom. The molecule has 4 rings (SSSR count). The molecule has 2 aliphatic heterocycles. The van der Waals surface area contributed by atoms with E-state index in [4.69, 9.17) is 0 Å². The number of sulfonamides is 1. The zero-order valence-electron chi connectivity index (χ0n) is 11.7. The topological polar surface area (TPSA) is 95.2 Å². The normalized spacial score (nSPS) is 17.9. The minimum Gasteiger partial charge on any atom is -0.347 e. The van der Waals surface area contributed by atoms with Crippen molar-refractivity contribution in [3.8, 4) is 0 Å². The van der Waals surface area contributed by atoms with Crippen LogP contribution >= 0.6 is 0 Å². The van der Waals surface area contributed by atoms with Gasteiger partial charge in [-0.05, 0) is 23.8 Å². The molecule has 7 nitrogen and oxygen atoms in total. The van der Waals surface area contributed by atoms with Crippen molar-refractivity contribution in [3.05, 3.63) is 41.5 Å². The molecule has 1 aromatic carbocycles. The summed E-state index contributed by atoms with van der Waals surface area (Å²) in [7, 11) is -3.58. The molecule has 0 saturated heterocycles. The second-order valence-electron chi connectivity index (χ2n) is 5.46. The van der Waals surface area contributed by atoms with E-state index in [9.17, 15) is 13.2 Å². The van der Waals surface area contributed by atoms with Crippen LogP contribution in [-0.2, 0) is 34.2 Å². The van der Waals surface area contributed by atoms with Gasteiger partial charge in [-0.1, -0.05) is 0 Å². The first kappa shape index (κ1) is 13.5. The lowest BCUT2D eigenvalue weighted by molar-refractivity contribution is -0.115. The van der Waals surface area contributed by atoms with Crippen LogP contribution in [0.3, 0.4) is 0 Å². The summed E-state index contributed by atoms with van der Waals surface area (Å²) in [4.78, 5) is 18.8. The maximum Gasteiger partial charge on any atom is 0.243 e.